The Morgan fingerprint density at radius 2 is 1.68 bits per heavy atom. The molecule has 2 aliphatic rings. The number of fused-ring (bicyclic) bond motifs is 6. The molecule has 0 saturated carbocycles. The molecule has 2 N–H and O–H groups in total. The second-order valence-electron chi connectivity index (χ2n) is 10.7. The zero-order valence-electron chi connectivity index (χ0n) is 22.8. The topological polar surface area (TPSA) is 87.7 Å². The first-order valence-electron chi connectivity index (χ1n) is 14.2. The summed E-state index contributed by atoms with van der Waals surface area (Å²) in [5, 5.41) is 8.07. The lowest BCUT2D eigenvalue weighted by atomic mass is 9.99. The minimum Gasteiger partial charge on any atom is -0.491 e. The van der Waals surface area contributed by atoms with E-state index >= 15 is 0 Å². The first kappa shape index (κ1) is 26.6. The zero-order valence-corrected chi connectivity index (χ0v) is 22.8. The summed E-state index contributed by atoms with van der Waals surface area (Å²) in [6, 6.07) is 28.2. The summed E-state index contributed by atoms with van der Waals surface area (Å²) >= 11 is 0. The second-order valence-corrected chi connectivity index (χ2v) is 10.7. The lowest BCUT2D eigenvalue weighted by molar-refractivity contribution is -0.137. The number of carbonyl (C=O) groups excluding carboxylic acids is 3. The van der Waals surface area contributed by atoms with Crippen LogP contribution in [0.5, 0.6) is 5.75 Å². The Balaban J connectivity index is 1.26. The van der Waals surface area contributed by atoms with Gasteiger partial charge in [0.25, 0.3) is 5.91 Å². The molecule has 7 nitrogen and oxygen atoms in total. The van der Waals surface area contributed by atoms with E-state index in [0.717, 1.165) is 40.3 Å². The lowest BCUT2D eigenvalue weighted by Gasteiger charge is -2.29. The molecule has 3 amide bonds. The first-order chi connectivity index (χ1) is 20.1. The van der Waals surface area contributed by atoms with Crippen molar-refractivity contribution in [2.45, 2.75) is 37.8 Å². The molecule has 0 spiro atoms. The monoisotopic (exact) mass is 547 g/mol. The van der Waals surface area contributed by atoms with Gasteiger partial charge in [0.15, 0.2) is 0 Å². The van der Waals surface area contributed by atoms with Gasteiger partial charge in [-0.25, -0.2) is 0 Å². The van der Waals surface area contributed by atoms with E-state index in [2.05, 4.69) is 10.6 Å². The van der Waals surface area contributed by atoms with Crippen LogP contribution in [0.2, 0.25) is 0 Å². The molecule has 0 radical (unpaired) electrons. The van der Waals surface area contributed by atoms with Gasteiger partial charge in [-0.2, -0.15) is 0 Å². The van der Waals surface area contributed by atoms with Gasteiger partial charge in [-0.3, -0.25) is 14.4 Å². The van der Waals surface area contributed by atoms with Gasteiger partial charge in [-0.15, -0.1) is 0 Å². The fourth-order valence-electron chi connectivity index (χ4n) is 5.93. The van der Waals surface area contributed by atoms with Crippen molar-refractivity contribution in [2.24, 2.45) is 0 Å². The molecular formula is C34H33N3O4. The molecule has 4 aromatic rings. The smallest absolute Gasteiger partial charge is 0.251 e. The average molecular weight is 548 g/mol. The molecule has 2 bridgehead atoms. The van der Waals surface area contributed by atoms with Crippen LogP contribution in [0.4, 0.5) is 0 Å². The van der Waals surface area contributed by atoms with E-state index in [1.807, 2.05) is 89.8 Å². The number of benzene rings is 4. The summed E-state index contributed by atoms with van der Waals surface area (Å²) in [6.07, 6.45) is 2.15. The predicted octanol–water partition coefficient (Wildman–Crippen LogP) is 4.74. The van der Waals surface area contributed by atoms with Crippen LogP contribution in [-0.4, -0.2) is 54.4 Å². The molecule has 0 aliphatic carbocycles. The van der Waals surface area contributed by atoms with E-state index in [1.54, 1.807) is 6.07 Å². The number of amides is 3. The Hall–Kier alpha value is -4.65. The minimum absolute atomic E-state index is 0.0874. The van der Waals surface area contributed by atoms with Crippen LogP contribution in [0.15, 0.2) is 91.0 Å². The van der Waals surface area contributed by atoms with Crippen LogP contribution in [-0.2, 0) is 16.0 Å². The maximum absolute atomic E-state index is 13.9. The van der Waals surface area contributed by atoms with Gasteiger partial charge in [-0.1, -0.05) is 72.8 Å². The van der Waals surface area contributed by atoms with Crippen LogP contribution in [0.25, 0.3) is 21.9 Å². The van der Waals surface area contributed by atoms with Gasteiger partial charge in [0.05, 0.1) is 12.5 Å². The fraction of sp³-hybridized carbons (Fsp3) is 0.265. The van der Waals surface area contributed by atoms with Crippen LogP contribution >= 0.6 is 0 Å². The molecule has 6 rings (SSSR count). The molecule has 0 aromatic heterocycles. The van der Waals surface area contributed by atoms with Gasteiger partial charge < -0.3 is 20.3 Å². The van der Waals surface area contributed by atoms with Crippen molar-refractivity contribution in [1.29, 1.82) is 0 Å². The standard InChI is InChI=1S/C34H33N3O4/c38-32(21-25-10-5-9-23-8-1-2-14-28(23)25)36-31-17-18-35-33(39)30-16-4-3-15-29(30)24-11-6-13-27(20-24)41-22-26-12-7-19-37(26)34(31)40/h1-6,8-11,13-16,20,26,31H,7,12,17-19,21-22H2,(H,35,39)(H,36,38)/t26-,31+/m0/s1. The maximum atomic E-state index is 13.9. The van der Waals surface area contributed by atoms with Crippen LogP contribution in [0.3, 0.4) is 0 Å². The summed E-state index contributed by atoms with van der Waals surface area (Å²) in [5.41, 5.74) is 3.15. The number of hydrogen-bond acceptors (Lipinski definition) is 4. The van der Waals surface area contributed by atoms with Crippen molar-refractivity contribution >= 4 is 28.5 Å². The molecule has 7 heteroatoms. The van der Waals surface area contributed by atoms with Crippen molar-refractivity contribution in [3.8, 4) is 16.9 Å². The highest BCUT2D eigenvalue weighted by atomic mass is 16.5. The highest BCUT2D eigenvalue weighted by molar-refractivity contribution is 6.01. The highest BCUT2D eigenvalue weighted by Gasteiger charge is 2.34. The minimum atomic E-state index is -0.764. The van der Waals surface area contributed by atoms with Crippen molar-refractivity contribution in [1.82, 2.24) is 15.5 Å². The molecule has 2 heterocycles. The Bertz CT molecular complexity index is 1590. The number of ether oxygens (including phenoxy) is 1. The summed E-state index contributed by atoms with van der Waals surface area (Å²) in [5.74, 6) is 0.0962. The summed E-state index contributed by atoms with van der Waals surface area (Å²) in [7, 11) is 0. The largest absolute Gasteiger partial charge is 0.491 e. The summed E-state index contributed by atoms with van der Waals surface area (Å²) in [6.45, 7) is 1.22. The highest BCUT2D eigenvalue weighted by Crippen LogP contribution is 2.28. The molecule has 2 atom stereocenters. The van der Waals surface area contributed by atoms with Gasteiger partial charge >= 0.3 is 0 Å². The van der Waals surface area contributed by atoms with E-state index in [-0.39, 0.29) is 43.1 Å². The van der Waals surface area contributed by atoms with E-state index in [9.17, 15) is 14.4 Å². The Labute approximate surface area is 239 Å². The molecule has 1 saturated heterocycles. The Morgan fingerprint density at radius 3 is 2.59 bits per heavy atom. The average Bonchev–Trinajstić information content (AvgIpc) is 3.48. The van der Waals surface area contributed by atoms with E-state index in [0.29, 0.717) is 24.5 Å². The molecule has 41 heavy (non-hydrogen) atoms. The fourth-order valence-corrected chi connectivity index (χ4v) is 5.93. The Kier molecular flexibility index (Phi) is 7.67. The van der Waals surface area contributed by atoms with Gasteiger partial charge in [0.2, 0.25) is 11.8 Å². The first-order valence-corrected chi connectivity index (χ1v) is 14.2. The summed E-state index contributed by atoms with van der Waals surface area (Å²) < 4.78 is 6.18. The maximum Gasteiger partial charge on any atom is 0.251 e. The number of nitrogens with zero attached hydrogens (tertiary/aromatic N) is 1. The van der Waals surface area contributed by atoms with E-state index < -0.39 is 6.04 Å². The zero-order chi connectivity index (χ0) is 28.2. The van der Waals surface area contributed by atoms with Gasteiger partial charge in [0.1, 0.15) is 18.4 Å². The molecule has 208 valence electrons. The molecule has 1 fully saturated rings. The van der Waals surface area contributed by atoms with Crippen molar-refractivity contribution in [3.05, 3.63) is 102 Å². The van der Waals surface area contributed by atoms with Crippen molar-refractivity contribution < 1.29 is 19.1 Å². The third kappa shape index (κ3) is 5.80. The van der Waals surface area contributed by atoms with Crippen molar-refractivity contribution in [2.75, 3.05) is 19.7 Å². The van der Waals surface area contributed by atoms with Gasteiger partial charge in [0, 0.05) is 18.7 Å². The van der Waals surface area contributed by atoms with Crippen LogP contribution < -0.4 is 15.4 Å². The Morgan fingerprint density at radius 1 is 0.902 bits per heavy atom. The normalized spacial score (nSPS) is 19.3. The lowest BCUT2D eigenvalue weighted by Crippen LogP contribution is -2.52. The predicted molar refractivity (Wildman–Crippen MR) is 159 cm³/mol. The molecule has 0 unspecified atom stereocenters. The molecule has 2 aliphatic heterocycles. The number of hydrogen-bond donors (Lipinski definition) is 2. The van der Waals surface area contributed by atoms with Crippen LogP contribution in [0, 0.1) is 0 Å². The molecular weight excluding hydrogens is 514 g/mol. The van der Waals surface area contributed by atoms with Gasteiger partial charge in [-0.05, 0) is 64.9 Å². The third-order valence-corrected chi connectivity index (χ3v) is 8.00. The quantitative estimate of drug-likeness (QED) is 0.388. The second kappa shape index (κ2) is 11.8. The van der Waals surface area contributed by atoms with E-state index in [4.69, 9.17) is 4.74 Å². The number of rotatable bonds is 3. The van der Waals surface area contributed by atoms with Crippen molar-refractivity contribution in [3.63, 3.8) is 0 Å². The SMILES string of the molecule is O=C(Cc1cccc2ccccc12)N[C@@H]1CCNC(=O)c2ccccc2-c2cccc(c2)OC[C@@H]2CCCN2C1=O. The van der Waals surface area contributed by atoms with Crippen LogP contribution in [0.1, 0.15) is 35.2 Å². The molecule has 4 aromatic carbocycles. The third-order valence-electron chi connectivity index (χ3n) is 8.00. The summed E-state index contributed by atoms with van der Waals surface area (Å²) in [4.78, 5) is 42.3. The number of nitrogens with one attached hydrogen (secondary N) is 2. The van der Waals surface area contributed by atoms with E-state index in [1.165, 1.54) is 0 Å². The number of carbonyl (C=O) groups is 3.